The normalized spacial score (nSPS) is 15.1. The van der Waals surface area contributed by atoms with E-state index in [0.29, 0.717) is 34.5 Å². The van der Waals surface area contributed by atoms with Crippen molar-refractivity contribution in [2.24, 2.45) is 0 Å². The number of aliphatic hydroxyl groups is 2. The molecule has 0 aliphatic carbocycles. The summed E-state index contributed by atoms with van der Waals surface area (Å²) < 4.78 is 61.3. The number of aliphatic hydroxyl groups excluding tert-OH is 2. The molecule has 0 saturated heterocycles. The third-order valence-corrected chi connectivity index (χ3v) is 10.3. The van der Waals surface area contributed by atoms with E-state index in [1.807, 2.05) is 38.1 Å². The van der Waals surface area contributed by atoms with E-state index in [-0.39, 0.29) is 43.3 Å². The lowest BCUT2D eigenvalue weighted by Gasteiger charge is -2.29. The first-order chi connectivity index (χ1) is 21.9. The van der Waals surface area contributed by atoms with Crippen LogP contribution in [0.1, 0.15) is 55.8 Å². The maximum atomic E-state index is 14.9. The van der Waals surface area contributed by atoms with Crippen molar-refractivity contribution in [3.63, 3.8) is 0 Å². The summed E-state index contributed by atoms with van der Waals surface area (Å²) in [4.78, 5) is 11.0. The van der Waals surface area contributed by atoms with Crippen molar-refractivity contribution in [1.82, 2.24) is 8.87 Å². The summed E-state index contributed by atoms with van der Waals surface area (Å²) in [6.45, 7) is 4.24. The molecular weight excluding hydrogens is 614 g/mol. The Labute approximate surface area is 267 Å². The Hall–Kier alpha value is -3.90. The Bertz CT molecular complexity index is 1800. The summed E-state index contributed by atoms with van der Waals surface area (Å²) in [6.07, 6.45) is -2.71. The van der Waals surface area contributed by atoms with Crippen LogP contribution in [0, 0.1) is 11.6 Å². The maximum Gasteiger partial charge on any atom is 0.245 e. The topological polar surface area (TPSA) is 123 Å². The number of aliphatic carboxylic acids is 1. The number of carboxylic acids is 1. The zero-order valence-corrected chi connectivity index (χ0v) is 26.5. The van der Waals surface area contributed by atoms with Crippen molar-refractivity contribution in [3.05, 3.63) is 101 Å². The minimum absolute atomic E-state index is 0.0478. The van der Waals surface area contributed by atoms with Gasteiger partial charge in [0.2, 0.25) is 10.0 Å². The van der Waals surface area contributed by atoms with Gasteiger partial charge in [0, 0.05) is 43.3 Å². The van der Waals surface area contributed by atoms with Crippen molar-refractivity contribution < 1.29 is 37.3 Å². The first-order valence-electron chi connectivity index (χ1n) is 15.3. The molecule has 0 fully saturated rings. The van der Waals surface area contributed by atoms with Crippen molar-refractivity contribution in [2.75, 3.05) is 6.54 Å². The van der Waals surface area contributed by atoms with Gasteiger partial charge in [-0.2, -0.15) is 4.31 Å². The van der Waals surface area contributed by atoms with E-state index in [0.717, 1.165) is 11.1 Å². The highest BCUT2D eigenvalue weighted by atomic mass is 32.2. The fourth-order valence-electron chi connectivity index (χ4n) is 6.26. The Kier molecular flexibility index (Phi) is 10.1. The molecule has 0 spiro atoms. The quantitative estimate of drug-likeness (QED) is 0.231. The molecule has 3 aromatic carbocycles. The van der Waals surface area contributed by atoms with Crippen LogP contribution in [0.15, 0.2) is 77.7 Å². The number of carbonyl (C=O) groups excluding carboxylic acids is 1. The summed E-state index contributed by atoms with van der Waals surface area (Å²) in [5.41, 5.74) is 4.19. The highest BCUT2D eigenvalue weighted by molar-refractivity contribution is 7.89. The molecule has 0 bridgehead atoms. The Balaban J connectivity index is 1.72. The number of sulfonamides is 1. The zero-order chi connectivity index (χ0) is 33.2. The third kappa shape index (κ3) is 7.07. The molecule has 1 aliphatic heterocycles. The average molecular weight is 652 g/mol. The number of rotatable bonds is 12. The molecule has 0 saturated carbocycles. The van der Waals surface area contributed by atoms with Gasteiger partial charge in [-0.1, -0.05) is 50.2 Å². The van der Waals surface area contributed by atoms with Crippen molar-refractivity contribution >= 4 is 16.0 Å². The number of carboxylic acid groups (broad SMARTS) is 1. The molecule has 11 heteroatoms. The number of carbonyl (C=O) groups is 1. The molecule has 1 aromatic heterocycles. The van der Waals surface area contributed by atoms with Crippen LogP contribution in [-0.2, 0) is 34.3 Å². The monoisotopic (exact) mass is 651 g/mol. The Morgan fingerprint density at radius 3 is 2.07 bits per heavy atom. The van der Waals surface area contributed by atoms with Gasteiger partial charge in [0.15, 0.2) is 0 Å². The molecular formula is C35H37F2N2O6S-. The second-order valence-electron chi connectivity index (χ2n) is 12.0. The third-order valence-electron chi connectivity index (χ3n) is 8.38. The number of hydrogen-bond acceptors (Lipinski definition) is 6. The molecule has 0 radical (unpaired) electrons. The van der Waals surface area contributed by atoms with Crippen LogP contribution < -0.4 is 5.11 Å². The van der Waals surface area contributed by atoms with Gasteiger partial charge in [-0.3, -0.25) is 0 Å². The molecule has 2 atom stereocenters. The van der Waals surface area contributed by atoms with Gasteiger partial charge in [0.25, 0.3) is 0 Å². The SMILES string of the molecule is CC(C)c1c(S(=O)(=O)N2CCc3ccccc3C2)c(-c2ccc(F)cc2)c(-c2ccc(F)cc2)n1CC[C@@H](O)C[C@@H](O)CC(=O)[O-]. The lowest BCUT2D eigenvalue weighted by molar-refractivity contribution is -0.307. The van der Waals surface area contributed by atoms with Crippen LogP contribution in [0.25, 0.3) is 22.4 Å². The van der Waals surface area contributed by atoms with Crippen LogP contribution in [0.3, 0.4) is 0 Å². The van der Waals surface area contributed by atoms with E-state index in [2.05, 4.69) is 0 Å². The average Bonchev–Trinajstić information content (AvgIpc) is 3.36. The Morgan fingerprint density at radius 2 is 1.48 bits per heavy atom. The summed E-state index contributed by atoms with van der Waals surface area (Å²) in [5, 5.41) is 31.8. The number of nitrogens with zero attached hydrogens (tertiary/aromatic N) is 2. The van der Waals surface area contributed by atoms with E-state index in [4.69, 9.17) is 0 Å². The van der Waals surface area contributed by atoms with Gasteiger partial charge in [0.05, 0.1) is 17.9 Å². The predicted molar refractivity (Wildman–Crippen MR) is 168 cm³/mol. The highest BCUT2D eigenvalue weighted by Crippen LogP contribution is 2.46. The van der Waals surface area contributed by atoms with Crippen LogP contribution in [0.2, 0.25) is 0 Å². The van der Waals surface area contributed by atoms with E-state index in [1.165, 1.54) is 40.7 Å². The standard InChI is InChI=1S/C35H38F2N2O6S/c1-22(2)33-35(46(44,45)38-17-15-23-5-3-4-6-26(23)21-38)32(24-7-11-27(36)12-8-24)34(25-9-13-28(37)14-10-25)39(33)18-16-29(40)19-30(41)20-31(42)43/h3-14,22,29-30,40-41H,15-21H2,1-2H3,(H,42,43)/p-1/t29-,30-/m1/s1. The van der Waals surface area contributed by atoms with Crippen LogP contribution in [-0.4, -0.2) is 52.2 Å². The zero-order valence-electron chi connectivity index (χ0n) is 25.7. The number of halogens is 2. The first-order valence-corrected chi connectivity index (χ1v) is 16.7. The van der Waals surface area contributed by atoms with E-state index < -0.39 is 46.3 Å². The molecule has 244 valence electrons. The van der Waals surface area contributed by atoms with Gasteiger partial charge in [0.1, 0.15) is 16.5 Å². The van der Waals surface area contributed by atoms with Crippen molar-refractivity contribution in [2.45, 2.75) is 75.6 Å². The molecule has 0 amide bonds. The summed E-state index contributed by atoms with van der Waals surface area (Å²) in [7, 11) is -4.19. The smallest absolute Gasteiger partial charge is 0.245 e. The van der Waals surface area contributed by atoms with E-state index >= 15 is 0 Å². The van der Waals surface area contributed by atoms with Crippen LogP contribution in [0.5, 0.6) is 0 Å². The number of benzene rings is 3. The first kappa shape index (κ1) is 33.5. The lowest BCUT2D eigenvalue weighted by atomic mass is 10.00. The fraction of sp³-hybridized carbons (Fsp3) is 0.343. The number of fused-ring (bicyclic) bond motifs is 1. The van der Waals surface area contributed by atoms with Crippen LogP contribution in [0.4, 0.5) is 8.78 Å². The summed E-state index contributed by atoms with van der Waals surface area (Å²) >= 11 is 0. The second-order valence-corrected chi connectivity index (χ2v) is 13.9. The molecule has 0 unspecified atom stereocenters. The molecule has 2 heterocycles. The lowest BCUT2D eigenvalue weighted by Crippen LogP contribution is -2.36. The second kappa shape index (κ2) is 13.8. The van der Waals surface area contributed by atoms with Crippen molar-refractivity contribution in [3.8, 4) is 22.4 Å². The van der Waals surface area contributed by atoms with Gasteiger partial charge in [-0.25, -0.2) is 17.2 Å². The number of hydrogen-bond donors (Lipinski definition) is 2. The van der Waals surface area contributed by atoms with E-state index in [1.54, 1.807) is 16.7 Å². The summed E-state index contributed by atoms with van der Waals surface area (Å²) in [5.74, 6) is -2.77. The van der Waals surface area contributed by atoms with Crippen LogP contribution >= 0.6 is 0 Å². The van der Waals surface area contributed by atoms with Crippen molar-refractivity contribution in [1.29, 1.82) is 0 Å². The Morgan fingerprint density at radius 1 is 0.891 bits per heavy atom. The molecule has 4 aromatic rings. The summed E-state index contributed by atoms with van der Waals surface area (Å²) in [6, 6.07) is 18.9. The minimum atomic E-state index is -4.19. The molecule has 46 heavy (non-hydrogen) atoms. The minimum Gasteiger partial charge on any atom is -0.550 e. The molecule has 8 nitrogen and oxygen atoms in total. The molecule has 1 aliphatic rings. The van der Waals surface area contributed by atoms with Gasteiger partial charge in [-0.15, -0.1) is 0 Å². The molecule has 2 N–H and O–H groups in total. The number of aromatic nitrogens is 1. The van der Waals surface area contributed by atoms with Gasteiger partial charge < -0.3 is 24.7 Å². The maximum absolute atomic E-state index is 14.9. The highest BCUT2D eigenvalue weighted by Gasteiger charge is 2.38. The molecule has 5 rings (SSSR count). The largest absolute Gasteiger partial charge is 0.550 e. The van der Waals surface area contributed by atoms with Gasteiger partial charge >= 0.3 is 0 Å². The fourth-order valence-corrected chi connectivity index (χ4v) is 8.24. The van der Waals surface area contributed by atoms with Gasteiger partial charge in [-0.05, 0) is 83.8 Å². The predicted octanol–water partition coefficient (Wildman–Crippen LogP) is 4.61. The van der Waals surface area contributed by atoms with E-state index in [9.17, 15) is 37.3 Å².